The number of nitrogens with one attached hydrogen (secondary N) is 1. The third kappa shape index (κ3) is 1.88. The topological polar surface area (TPSA) is 83.9 Å². The molecule has 2 N–H and O–H groups in total. The normalized spacial score (nSPS) is 10.4. The number of aromatic amines is 1. The van der Waals surface area contributed by atoms with Crippen molar-refractivity contribution in [3.8, 4) is 11.1 Å². The second-order valence-corrected chi connectivity index (χ2v) is 3.64. The average Bonchev–Trinajstić information content (AvgIpc) is 2.76. The fraction of sp³-hybridized carbons (Fsp3) is 0.286. The van der Waals surface area contributed by atoms with Crippen molar-refractivity contribution >= 4 is 11.3 Å². The summed E-state index contributed by atoms with van der Waals surface area (Å²) in [6, 6.07) is 1.75. The van der Waals surface area contributed by atoms with Crippen LogP contribution in [-0.4, -0.2) is 25.5 Å². The van der Waals surface area contributed by atoms with E-state index >= 15 is 0 Å². The van der Waals surface area contributed by atoms with Crippen molar-refractivity contribution in [2.45, 2.75) is 13.5 Å². The van der Waals surface area contributed by atoms with E-state index < -0.39 is 0 Å². The lowest BCUT2D eigenvalue weighted by atomic mass is 10.5. The zero-order chi connectivity index (χ0) is 9.97. The standard InChI is InChI=1S/C7H8N4O2S/c1-4-2-5(9-8-4)13-7-11-10-6(3-12)14-7/h2,12H,3H2,1H3,(H,8,9). The third-order valence-electron chi connectivity index (χ3n) is 1.46. The van der Waals surface area contributed by atoms with Gasteiger partial charge in [-0.2, -0.15) is 0 Å². The van der Waals surface area contributed by atoms with Crippen molar-refractivity contribution in [2.75, 3.05) is 0 Å². The first kappa shape index (κ1) is 9.10. The summed E-state index contributed by atoms with van der Waals surface area (Å²) in [4.78, 5) is 0. The van der Waals surface area contributed by atoms with Crippen molar-refractivity contribution in [1.29, 1.82) is 0 Å². The van der Waals surface area contributed by atoms with Crippen molar-refractivity contribution in [3.05, 3.63) is 16.8 Å². The van der Waals surface area contributed by atoms with Crippen LogP contribution in [0, 0.1) is 6.92 Å². The van der Waals surface area contributed by atoms with Gasteiger partial charge >= 0.3 is 5.19 Å². The SMILES string of the molecule is Cc1cc(Oc2nnc(CO)s2)n[nH]1. The van der Waals surface area contributed by atoms with Crippen LogP contribution in [0.2, 0.25) is 0 Å². The first-order chi connectivity index (χ1) is 6.78. The van der Waals surface area contributed by atoms with Gasteiger partial charge in [-0.25, -0.2) is 0 Å². The molecule has 14 heavy (non-hydrogen) atoms. The van der Waals surface area contributed by atoms with E-state index in [0.717, 1.165) is 5.69 Å². The number of rotatable bonds is 3. The number of aryl methyl sites for hydroxylation is 1. The summed E-state index contributed by atoms with van der Waals surface area (Å²) in [5.41, 5.74) is 0.909. The van der Waals surface area contributed by atoms with Crippen molar-refractivity contribution in [1.82, 2.24) is 20.4 Å². The highest BCUT2D eigenvalue weighted by Gasteiger charge is 2.06. The molecule has 0 aliphatic rings. The Balaban J connectivity index is 2.10. The lowest BCUT2D eigenvalue weighted by Crippen LogP contribution is -1.83. The van der Waals surface area contributed by atoms with Crippen LogP contribution in [0.3, 0.4) is 0 Å². The highest BCUT2D eigenvalue weighted by Crippen LogP contribution is 2.23. The summed E-state index contributed by atoms with van der Waals surface area (Å²) < 4.78 is 5.27. The van der Waals surface area contributed by atoms with E-state index in [-0.39, 0.29) is 6.61 Å². The molecule has 7 heteroatoms. The quantitative estimate of drug-likeness (QED) is 0.788. The Morgan fingerprint density at radius 1 is 1.57 bits per heavy atom. The lowest BCUT2D eigenvalue weighted by molar-refractivity contribution is 0.280. The van der Waals surface area contributed by atoms with Crippen LogP contribution in [0.5, 0.6) is 11.1 Å². The molecule has 2 aromatic rings. The van der Waals surface area contributed by atoms with E-state index in [4.69, 9.17) is 9.84 Å². The molecule has 0 saturated carbocycles. The Labute approximate surface area is 83.6 Å². The molecule has 0 radical (unpaired) electrons. The number of hydrogen-bond acceptors (Lipinski definition) is 6. The molecule has 0 spiro atoms. The Bertz CT molecular complexity index is 425. The highest BCUT2D eigenvalue weighted by atomic mass is 32.1. The van der Waals surface area contributed by atoms with Crippen molar-refractivity contribution in [3.63, 3.8) is 0 Å². The van der Waals surface area contributed by atoms with Gasteiger partial charge in [0.05, 0.1) is 6.61 Å². The minimum absolute atomic E-state index is 0.124. The summed E-state index contributed by atoms with van der Waals surface area (Å²) >= 11 is 1.19. The predicted octanol–water partition coefficient (Wildman–Crippen LogP) is 0.854. The van der Waals surface area contributed by atoms with Gasteiger partial charge in [0.25, 0.3) is 0 Å². The number of nitrogens with zero attached hydrogens (tertiary/aromatic N) is 3. The maximum atomic E-state index is 8.75. The van der Waals surface area contributed by atoms with Gasteiger partial charge in [-0.1, -0.05) is 16.4 Å². The molecule has 0 fully saturated rings. The Hall–Kier alpha value is -1.47. The van der Waals surface area contributed by atoms with Crippen molar-refractivity contribution < 1.29 is 9.84 Å². The summed E-state index contributed by atoms with van der Waals surface area (Å²) in [7, 11) is 0. The van der Waals surface area contributed by atoms with Gasteiger partial charge < -0.3 is 9.84 Å². The van der Waals surface area contributed by atoms with E-state index in [2.05, 4.69) is 20.4 Å². The molecule has 0 atom stereocenters. The van der Waals surface area contributed by atoms with E-state index in [0.29, 0.717) is 16.1 Å². The fourth-order valence-electron chi connectivity index (χ4n) is 0.878. The number of aromatic nitrogens is 4. The molecule has 2 aromatic heterocycles. The highest BCUT2D eigenvalue weighted by molar-refractivity contribution is 7.13. The second-order valence-electron chi connectivity index (χ2n) is 2.61. The molecule has 2 rings (SSSR count). The van der Waals surface area contributed by atoms with Gasteiger partial charge in [-0.05, 0) is 6.92 Å². The van der Waals surface area contributed by atoms with Crippen LogP contribution in [0.4, 0.5) is 0 Å². The zero-order valence-corrected chi connectivity index (χ0v) is 8.21. The average molecular weight is 212 g/mol. The molecule has 0 unspecified atom stereocenters. The molecule has 0 amide bonds. The first-order valence-corrected chi connectivity index (χ1v) is 4.72. The molecule has 74 valence electrons. The molecule has 0 aromatic carbocycles. The summed E-state index contributed by atoms with van der Waals surface area (Å²) in [5.74, 6) is 0.447. The molecule has 0 aliphatic carbocycles. The van der Waals surface area contributed by atoms with Gasteiger partial charge in [-0.15, -0.1) is 10.2 Å². The number of aliphatic hydroxyl groups is 1. The van der Waals surface area contributed by atoms with Gasteiger partial charge in [0.15, 0.2) is 0 Å². The third-order valence-corrected chi connectivity index (χ3v) is 2.24. The maximum Gasteiger partial charge on any atom is 0.301 e. The van der Waals surface area contributed by atoms with Crippen LogP contribution in [0.25, 0.3) is 0 Å². The molecule has 0 saturated heterocycles. The monoisotopic (exact) mass is 212 g/mol. The molecule has 2 heterocycles. The molecule has 0 aliphatic heterocycles. The van der Waals surface area contributed by atoms with Crippen LogP contribution in [0.1, 0.15) is 10.7 Å². The number of ether oxygens (including phenoxy) is 1. The Morgan fingerprint density at radius 3 is 3.00 bits per heavy atom. The largest absolute Gasteiger partial charge is 0.409 e. The minimum Gasteiger partial charge on any atom is -0.409 e. The van der Waals surface area contributed by atoms with Crippen LogP contribution >= 0.6 is 11.3 Å². The van der Waals surface area contributed by atoms with Gasteiger partial charge in [0.1, 0.15) is 5.01 Å². The number of aliphatic hydroxyl groups excluding tert-OH is 1. The minimum atomic E-state index is -0.124. The zero-order valence-electron chi connectivity index (χ0n) is 7.39. The fourth-order valence-corrected chi connectivity index (χ4v) is 1.43. The van der Waals surface area contributed by atoms with E-state index in [1.807, 2.05) is 6.92 Å². The summed E-state index contributed by atoms with van der Waals surface area (Å²) in [6.07, 6.45) is 0. The van der Waals surface area contributed by atoms with E-state index in [1.54, 1.807) is 6.07 Å². The maximum absolute atomic E-state index is 8.75. The van der Waals surface area contributed by atoms with E-state index in [1.165, 1.54) is 11.3 Å². The summed E-state index contributed by atoms with van der Waals surface area (Å²) in [5, 5.41) is 23.7. The molecular weight excluding hydrogens is 204 g/mol. The molecular formula is C7H8N4O2S. The predicted molar refractivity (Wildman–Crippen MR) is 49.2 cm³/mol. The molecule has 6 nitrogen and oxygen atoms in total. The Morgan fingerprint density at radius 2 is 2.43 bits per heavy atom. The van der Waals surface area contributed by atoms with Crippen LogP contribution in [-0.2, 0) is 6.61 Å². The lowest BCUT2D eigenvalue weighted by Gasteiger charge is -1.91. The Kier molecular flexibility index (Phi) is 2.42. The van der Waals surface area contributed by atoms with Gasteiger partial charge in [0, 0.05) is 11.8 Å². The van der Waals surface area contributed by atoms with E-state index in [9.17, 15) is 0 Å². The summed E-state index contributed by atoms with van der Waals surface area (Å²) in [6.45, 7) is 1.75. The van der Waals surface area contributed by atoms with Crippen LogP contribution in [0.15, 0.2) is 6.07 Å². The first-order valence-electron chi connectivity index (χ1n) is 3.91. The number of hydrogen-bond donors (Lipinski definition) is 2. The van der Waals surface area contributed by atoms with Crippen LogP contribution < -0.4 is 4.74 Å². The van der Waals surface area contributed by atoms with Gasteiger partial charge in [-0.3, -0.25) is 5.10 Å². The molecule has 0 bridgehead atoms. The smallest absolute Gasteiger partial charge is 0.301 e. The van der Waals surface area contributed by atoms with Gasteiger partial charge in [0.2, 0.25) is 5.88 Å². The second kappa shape index (κ2) is 3.72. The number of H-pyrrole nitrogens is 1. The van der Waals surface area contributed by atoms with Crippen molar-refractivity contribution in [2.24, 2.45) is 0 Å².